The van der Waals surface area contributed by atoms with E-state index in [-0.39, 0.29) is 12.5 Å². The summed E-state index contributed by atoms with van der Waals surface area (Å²) in [5.74, 6) is 1.04. The third-order valence-corrected chi connectivity index (χ3v) is 2.63. The molecule has 0 aromatic heterocycles. The van der Waals surface area contributed by atoms with Crippen molar-refractivity contribution in [3.05, 3.63) is 0 Å². The molecule has 1 aliphatic rings. The minimum absolute atomic E-state index is 0.0822. The quantitative estimate of drug-likeness (QED) is 0.500. The monoisotopic (exact) mass is 224 g/mol. The number of hydrogen-bond acceptors (Lipinski definition) is 3. The minimum Gasteiger partial charge on any atom is -0.481 e. The zero-order chi connectivity index (χ0) is 12.0. The zero-order valence-electron chi connectivity index (χ0n) is 9.11. The third-order valence-electron chi connectivity index (χ3n) is 2.63. The molecule has 88 valence electrons. The lowest BCUT2D eigenvalue weighted by atomic mass is 9.98. The lowest BCUT2D eigenvalue weighted by molar-refractivity contribution is -0.145. The lowest BCUT2D eigenvalue weighted by Crippen LogP contribution is -2.45. The molecule has 1 saturated heterocycles. The van der Waals surface area contributed by atoms with E-state index >= 15 is 0 Å². The lowest BCUT2D eigenvalue weighted by Gasteiger charge is -2.30. The Labute approximate surface area is 94.8 Å². The van der Waals surface area contributed by atoms with Gasteiger partial charge >= 0.3 is 5.97 Å². The highest BCUT2D eigenvalue weighted by molar-refractivity contribution is 5.79. The van der Waals surface area contributed by atoms with Gasteiger partial charge in [-0.2, -0.15) is 0 Å². The number of terminal acetylenes is 1. The van der Waals surface area contributed by atoms with E-state index in [1.54, 1.807) is 4.90 Å². The van der Waals surface area contributed by atoms with Gasteiger partial charge in [-0.15, -0.1) is 6.42 Å². The van der Waals surface area contributed by atoms with Crippen molar-refractivity contribution in [2.45, 2.75) is 12.8 Å². The van der Waals surface area contributed by atoms with E-state index in [4.69, 9.17) is 11.5 Å². The zero-order valence-corrected chi connectivity index (χ0v) is 9.11. The van der Waals surface area contributed by atoms with E-state index in [1.165, 1.54) is 0 Å². The van der Waals surface area contributed by atoms with Crippen LogP contribution < -0.4 is 5.32 Å². The number of nitrogens with one attached hydrogen (secondary N) is 1. The number of hydrogen-bond donors (Lipinski definition) is 2. The van der Waals surface area contributed by atoms with E-state index in [2.05, 4.69) is 11.2 Å². The van der Waals surface area contributed by atoms with Crippen LogP contribution in [0, 0.1) is 18.3 Å². The molecular formula is C11H16N2O3. The number of piperidine rings is 1. The summed E-state index contributed by atoms with van der Waals surface area (Å²) >= 11 is 0. The summed E-state index contributed by atoms with van der Waals surface area (Å²) in [4.78, 5) is 24.0. The van der Waals surface area contributed by atoms with Crippen molar-refractivity contribution in [2.75, 3.05) is 26.2 Å². The van der Waals surface area contributed by atoms with Crippen molar-refractivity contribution < 1.29 is 14.7 Å². The van der Waals surface area contributed by atoms with E-state index in [0.717, 1.165) is 6.42 Å². The van der Waals surface area contributed by atoms with Gasteiger partial charge in [0.1, 0.15) is 0 Å². The maximum atomic E-state index is 11.6. The van der Waals surface area contributed by atoms with Crippen LogP contribution in [0.2, 0.25) is 0 Å². The molecule has 1 fully saturated rings. The molecule has 2 N–H and O–H groups in total. The van der Waals surface area contributed by atoms with Crippen LogP contribution in [0.3, 0.4) is 0 Å². The first kappa shape index (κ1) is 12.5. The molecule has 5 nitrogen and oxygen atoms in total. The first-order valence-corrected chi connectivity index (χ1v) is 5.30. The fraction of sp³-hybridized carbons (Fsp3) is 0.636. The van der Waals surface area contributed by atoms with Crippen molar-refractivity contribution in [1.82, 2.24) is 10.2 Å². The van der Waals surface area contributed by atoms with Gasteiger partial charge in [0, 0.05) is 13.1 Å². The molecule has 1 rings (SSSR count). The summed E-state index contributed by atoms with van der Waals surface area (Å²) < 4.78 is 0. The van der Waals surface area contributed by atoms with Crippen molar-refractivity contribution >= 4 is 11.9 Å². The Morgan fingerprint density at radius 1 is 1.56 bits per heavy atom. The first-order chi connectivity index (χ1) is 7.65. The number of carbonyl (C=O) groups excluding carboxylic acids is 1. The molecule has 5 heteroatoms. The number of rotatable bonds is 4. The smallest absolute Gasteiger partial charge is 0.308 e. The number of aliphatic carboxylic acids is 1. The van der Waals surface area contributed by atoms with Crippen molar-refractivity contribution in [1.29, 1.82) is 0 Å². The fourth-order valence-electron chi connectivity index (χ4n) is 1.76. The van der Waals surface area contributed by atoms with Crippen LogP contribution in [0.15, 0.2) is 0 Å². The van der Waals surface area contributed by atoms with Gasteiger partial charge in [0.05, 0.1) is 19.0 Å². The molecule has 0 radical (unpaired) electrons. The molecule has 0 saturated carbocycles. The Bertz CT molecular complexity index is 309. The Balaban J connectivity index is 2.38. The second kappa shape index (κ2) is 6.13. The molecule has 0 spiro atoms. The molecule has 0 bridgehead atoms. The maximum absolute atomic E-state index is 11.6. The van der Waals surface area contributed by atoms with Gasteiger partial charge in [0.15, 0.2) is 0 Å². The van der Waals surface area contributed by atoms with Gasteiger partial charge in [-0.3, -0.25) is 14.9 Å². The van der Waals surface area contributed by atoms with E-state index in [0.29, 0.717) is 26.1 Å². The van der Waals surface area contributed by atoms with Crippen molar-refractivity contribution in [3.63, 3.8) is 0 Å². The van der Waals surface area contributed by atoms with Gasteiger partial charge in [0.25, 0.3) is 0 Å². The van der Waals surface area contributed by atoms with Crippen molar-refractivity contribution in [2.24, 2.45) is 5.92 Å². The van der Waals surface area contributed by atoms with Crippen LogP contribution in [0.1, 0.15) is 12.8 Å². The Hall–Kier alpha value is -1.54. The molecule has 0 aromatic carbocycles. The fourth-order valence-corrected chi connectivity index (χ4v) is 1.76. The second-order valence-electron chi connectivity index (χ2n) is 3.82. The largest absolute Gasteiger partial charge is 0.481 e. The topological polar surface area (TPSA) is 69.6 Å². The second-order valence-corrected chi connectivity index (χ2v) is 3.82. The SMILES string of the molecule is C#CCNCC(=O)N1CCC[C@@H](C(=O)O)C1. The Morgan fingerprint density at radius 3 is 2.94 bits per heavy atom. The Kier molecular flexibility index (Phi) is 4.80. The Morgan fingerprint density at radius 2 is 2.31 bits per heavy atom. The summed E-state index contributed by atoms with van der Waals surface area (Å²) in [6, 6.07) is 0. The average molecular weight is 224 g/mol. The number of nitrogens with zero attached hydrogens (tertiary/aromatic N) is 1. The molecular weight excluding hydrogens is 208 g/mol. The summed E-state index contributed by atoms with van der Waals surface area (Å²) in [5, 5.41) is 11.7. The molecule has 0 aliphatic carbocycles. The molecule has 1 heterocycles. The van der Waals surface area contributed by atoms with Crippen LogP contribution in [-0.2, 0) is 9.59 Å². The van der Waals surface area contributed by atoms with Crippen LogP contribution >= 0.6 is 0 Å². The van der Waals surface area contributed by atoms with E-state index in [9.17, 15) is 9.59 Å². The van der Waals surface area contributed by atoms with Gasteiger partial charge in [-0.05, 0) is 12.8 Å². The van der Waals surface area contributed by atoms with Crippen molar-refractivity contribution in [3.8, 4) is 12.3 Å². The van der Waals surface area contributed by atoms with Gasteiger partial charge in [-0.25, -0.2) is 0 Å². The average Bonchev–Trinajstić information content (AvgIpc) is 2.29. The van der Waals surface area contributed by atoms with Crippen LogP contribution in [-0.4, -0.2) is 48.1 Å². The minimum atomic E-state index is -0.825. The van der Waals surface area contributed by atoms with Crippen LogP contribution in [0.5, 0.6) is 0 Å². The highest BCUT2D eigenvalue weighted by Crippen LogP contribution is 2.16. The summed E-state index contributed by atoms with van der Waals surface area (Å²) in [6.07, 6.45) is 6.44. The standard InChI is InChI=1S/C11H16N2O3/c1-2-5-12-7-10(14)13-6-3-4-9(8-13)11(15)16/h1,9,12H,3-8H2,(H,15,16)/t9-/m1/s1. The van der Waals surface area contributed by atoms with Gasteiger partial charge in [0.2, 0.25) is 5.91 Å². The predicted molar refractivity (Wildman–Crippen MR) is 58.6 cm³/mol. The highest BCUT2D eigenvalue weighted by atomic mass is 16.4. The maximum Gasteiger partial charge on any atom is 0.308 e. The van der Waals surface area contributed by atoms with Crippen LogP contribution in [0.25, 0.3) is 0 Å². The molecule has 1 amide bonds. The normalized spacial score (nSPS) is 20.2. The number of amides is 1. The summed E-state index contributed by atoms with van der Waals surface area (Å²) in [6.45, 7) is 1.48. The number of carbonyl (C=O) groups is 2. The number of carboxylic acid groups (broad SMARTS) is 1. The molecule has 16 heavy (non-hydrogen) atoms. The molecule has 1 atom stereocenters. The predicted octanol–water partition coefficient (Wildman–Crippen LogP) is -0.468. The summed E-state index contributed by atoms with van der Waals surface area (Å²) in [7, 11) is 0. The first-order valence-electron chi connectivity index (χ1n) is 5.30. The van der Waals surface area contributed by atoms with E-state index in [1.807, 2.05) is 0 Å². The summed E-state index contributed by atoms with van der Waals surface area (Å²) in [5.41, 5.74) is 0. The third kappa shape index (κ3) is 3.55. The molecule has 0 unspecified atom stereocenters. The molecule has 1 aliphatic heterocycles. The van der Waals surface area contributed by atoms with Crippen LogP contribution in [0.4, 0.5) is 0 Å². The van der Waals surface area contributed by atoms with Gasteiger partial charge in [-0.1, -0.05) is 5.92 Å². The molecule has 0 aromatic rings. The highest BCUT2D eigenvalue weighted by Gasteiger charge is 2.27. The number of carboxylic acids is 1. The number of likely N-dealkylation sites (tertiary alicyclic amines) is 1. The van der Waals surface area contributed by atoms with E-state index < -0.39 is 11.9 Å². The van der Waals surface area contributed by atoms with Gasteiger partial charge < -0.3 is 10.0 Å².